The van der Waals surface area contributed by atoms with E-state index in [4.69, 9.17) is 18.0 Å². The highest BCUT2D eigenvalue weighted by atomic mass is 32.2. The highest BCUT2D eigenvalue weighted by Gasteiger charge is 2.23. The van der Waals surface area contributed by atoms with E-state index in [1.807, 2.05) is 0 Å². The molecule has 1 aromatic rings. The second-order valence-electron chi connectivity index (χ2n) is 5.13. The monoisotopic (exact) mass is 312 g/mol. The summed E-state index contributed by atoms with van der Waals surface area (Å²) in [6, 6.07) is 7.11. The molecule has 0 bridgehead atoms. The standard InChI is InChI=1S/C14H20N2O2S2/c15-14(19)13-7-5-12(6-8-13)11-20(17,18)16-9-3-1-2-4-10-16/h5-8H,1-4,9-11H2,(H2,15,19). The molecule has 0 spiro atoms. The second kappa shape index (κ2) is 6.65. The van der Waals surface area contributed by atoms with Crippen LogP contribution in [0.1, 0.15) is 36.8 Å². The molecule has 0 aliphatic carbocycles. The predicted molar refractivity (Wildman–Crippen MR) is 85.0 cm³/mol. The molecule has 1 aliphatic rings. The molecular weight excluding hydrogens is 292 g/mol. The van der Waals surface area contributed by atoms with Gasteiger partial charge in [0.25, 0.3) is 0 Å². The molecular formula is C14H20N2O2S2. The molecule has 2 rings (SSSR count). The Morgan fingerprint density at radius 1 is 1.10 bits per heavy atom. The van der Waals surface area contributed by atoms with Crippen molar-refractivity contribution < 1.29 is 8.42 Å². The van der Waals surface area contributed by atoms with Gasteiger partial charge >= 0.3 is 0 Å². The van der Waals surface area contributed by atoms with Crippen molar-refractivity contribution in [3.63, 3.8) is 0 Å². The van der Waals surface area contributed by atoms with E-state index in [-0.39, 0.29) is 5.75 Å². The minimum atomic E-state index is -3.22. The largest absolute Gasteiger partial charge is 0.389 e. The molecule has 1 aromatic carbocycles. The zero-order valence-corrected chi connectivity index (χ0v) is 13.0. The number of sulfonamides is 1. The van der Waals surface area contributed by atoms with Crippen molar-refractivity contribution >= 4 is 27.2 Å². The summed E-state index contributed by atoms with van der Waals surface area (Å²) in [5.74, 6) is 0.0462. The van der Waals surface area contributed by atoms with Crippen LogP contribution in [0.2, 0.25) is 0 Å². The average Bonchev–Trinajstić information content (AvgIpc) is 2.68. The molecule has 0 radical (unpaired) electrons. The van der Waals surface area contributed by atoms with Gasteiger partial charge in [-0.15, -0.1) is 0 Å². The summed E-state index contributed by atoms with van der Waals surface area (Å²) in [5, 5.41) is 0. The Balaban J connectivity index is 2.08. The van der Waals surface area contributed by atoms with Crippen LogP contribution >= 0.6 is 12.2 Å². The third-order valence-electron chi connectivity index (χ3n) is 3.55. The quantitative estimate of drug-likeness (QED) is 0.864. The first-order valence-electron chi connectivity index (χ1n) is 6.85. The van der Waals surface area contributed by atoms with Crippen molar-refractivity contribution in [2.75, 3.05) is 13.1 Å². The van der Waals surface area contributed by atoms with Crippen molar-refractivity contribution in [3.8, 4) is 0 Å². The molecule has 6 heteroatoms. The first-order chi connectivity index (χ1) is 9.49. The molecule has 1 saturated heterocycles. The number of thiocarbonyl (C=S) groups is 1. The maximum Gasteiger partial charge on any atom is 0.218 e. The van der Waals surface area contributed by atoms with Crippen LogP contribution in [0.25, 0.3) is 0 Å². The normalized spacial score (nSPS) is 17.6. The molecule has 4 nitrogen and oxygen atoms in total. The minimum Gasteiger partial charge on any atom is -0.389 e. The SMILES string of the molecule is NC(=S)c1ccc(CS(=O)(=O)N2CCCCCC2)cc1. The Bertz CT molecular complexity index is 559. The summed E-state index contributed by atoms with van der Waals surface area (Å²) in [4.78, 5) is 0.326. The first-order valence-corrected chi connectivity index (χ1v) is 8.87. The summed E-state index contributed by atoms with van der Waals surface area (Å²) in [7, 11) is -3.22. The fourth-order valence-corrected chi connectivity index (χ4v) is 4.13. The van der Waals surface area contributed by atoms with Crippen LogP contribution in [-0.2, 0) is 15.8 Å². The molecule has 0 aromatic heterocycles. The lowest BCUT2D eigenvalue weighted by Crippen LogP contribution is -2.32. The van der Waals surface area contributed by atoms with Gasteiger partial charge in [-0.25, -0.2) is 12.7 Å². The third kappa shape index (κ3) is 4.01. The van der Waals surface area contributed by atoms with Gasteiger partial charge in [-0.3, -0.25) is 0 Å². The minimum absolute atomic E-state index is 0.0462. The highest BCUT2D eigenvalue weighted by Crippen LogP contribution is 2.17. The van der Waals surface area contributed by atoms with Crippen molar-refractivity contribution in [3.05, 3.63) is 35.4 Å². The lowest BCUT2D eigenvalue weighted by Gasteiger charge is -2.19. The van der Waals surface area contributed by atoms with Crippen LogP contribution < -0.4 is 5.73 Å². The van der Waals surface area contributed by atoms with Crippen molar-refractivity contribution in [1.29, 1.82) is 0 Å². The highest BCUT2D eigenvalue weighted by molar-refractivity contribution is 7.88. The van der Waals surface area contributed by atoms with Gasteiger partial charge in [-0.1, -0.05) is 49.3 Å². The van der Waals surface area contributed by atoms with Crippen LogP contribution in [0.3, 0.4) is 0 Å². The Hall–Kier alpha value is -0.980. The molecule has 0 amide bonds. The molecule has 20 heavy (non-hydrogen) atoms. The molecule has 2 N–H and O–H groups in total. The van der Waals surface area contributed by atoms with Crippen LogP contribution in [0, 0.1) is 0 Å². The lowest BCUT2D eigenvalue weighted by atomic mass is 10.1. The van der Waals surface area contributed by atoms with Gasteiger partial charge in [0.2, 0.25) is 10.0 Å². The summed E-state index contributed by atoms with van der Waals surface area (Å²) < 4.78 is 26.4. The molecule has 110 valence electrons. The summed E-state index contributed by atoms with van der Waals surface area (Å²) >= 11 is 4.88. The molecule has 1 heterocycles. The summed E-state index contributed by atoms with van der Waals surface area (Å²) in [5.41, 5.74) is 7.06. The van der Waals surface area contributed by atoms with Gasteiger partial charge < -0.3 is 5.73 Å². The first kappa shape index (κ1) is 15.4. The predicted octanol–water partition coefficient (Wildman–Crippen LogP) is 2.03. The van der Waals surface area contributed by atoms with Gasteiger partial charge in [0.15, 0.2) is 0 Å². The van der Waals surface area contributed by atoms with Gasteiger partial charge in [0.05, 0.1) is 5.75 Å². The zero-order chi connectivity index (χ0) is 14.6. The van der Waals surface area contributed by atoms with Crippen LogP contribution in [-0.4, -0.2) is 30.8 Å². The fourth-order valence-electron chi connectivity index (χ4n) is 2.39. The number of hydrogen-bond acceptors (Lipinski definition) is 3. The van der Waals surface area contributed by atoms with Crippen molar-refractivity contribution in [2.24, 2.45) is 5.73 Å². The van der Waals surface area contributed by atoms with Gasteiger partial charge in [0.1, 0.15) is 4.99 Å². The molecule has 0 unspecified atom stereocenters. The molecule has 0 saturated carbocycles. The van der Waals surface area contributed by atoms with E-state index >= 15 is 0 Å². The van der Waals surface area contributed by atoms with Gasteiger partial charge in [-0.2, -0.15) is 0 Å². The van der Waals surface area contributed by atoms with Crippen LogP contribution in [0.5, 0.6) is 0 Å². The Kier molecular flexibility index (Phi) is 5.12. The maximum absolute atomic E-state index is 12.4. The topological polar surface area (TPSA) is 63.4 Å². The van der Waals surface area contributed by atoms with E-state index < -0.39 is 10.0 Å². The Morgan fingerprint density at radius 2 is 1.65 bits per heavy atom. The average molecular weight is 312 g/mol. The number of benzene rings is 1. The molecule has 0 atom stereocenters. The number of nitrogens with two attached hydrogens (primary N) is 1. The number of hydrogen-bond donors (Lipinski definition) is 1. The smallest absolute Gasteiger partial charge is 0.218 e. The third-order valence-corrected chi connectivity index (χ3v) is 5.63. The van der Waals surface area contributed by atoms with E-state index in [0.29, 0.717) is 18.1 Å². The Morgan fingerprint density at radius 3 is 2.15 bits per heavy atom. The second-order valence-corrected chi connectivity index (χ2v) is 7.54. The number of nitrogens with zero attached hydrogens (tertiary/aromatic N) is 1. The van der Waals surface area contributed by atoms with Gasteiger partial charge in [-0.05, 0) is 18.4 Å². The maximum atomic E-state index is 12.4. The molecule has 1 aliphatic heterocycles. The molecule has 1 fully saturated rings. The van der Waals surface area contributed by atoms with E-state index in [1.54, 1.807) is 28.6 Å². The fraction of sp³-hybridized carbons (Fsp3) is 0.500. The zero-order valence-electron chi connectivity index (χ0n) is 11.4. The van der Waals surface area contributed by atoms with Gasteiger partial charge in [0, 0.05) is 18.7 Å². The van der Waals surface area contributed by atoms with E-state index in [2.05, 4.69) is 0 Å². The lowest BCUT2D eigenvalue weighted by molar-refractivity contribution is 0.423. The number of rotatable bonds is 4. The van der Waals surface area contributed by atoms with Crippen LogP contribution in [0.15, 0.2) is 24.3 Å². The Labute approximate surface area is 126 Å². The van der Waals surface area contributed by atoms with Crippen molar-refractivity contribution in [2.45, 2.75) is 31.4 Å². The van der Waals surface area contributed by atoms with E-state index in [1.165, 1.54) is 0 Å². The van der Waals surface area contributed by atoms with Crippen molar-refractivity contribution in [1.82, 2.24) is 4.31 Å². The summed E-state index contributed by atoms with van der Waals surface area (Å²) in [6.45, 7) is 1.29. The van der Waals surface area contributed by atoms with Crippen LogP contribution in [0.4, 0.5) is 0 Å². The summed E-state index contributed by atoms with van der Waals surface area (Å²) in [6.07, 6.45) is 4.16. The van der Waals surface area contributed by atoms with E-state index in [0.717, 1.165) is 36.8 Å². The van der Waals surface area contributed by atoms with E-state index in [9.17, 15) is 8.42 Å².